The lowest BCUT2D eigenvalue weighted by atomic mass is 10.1. The molecule has 0 radical (unpaired) electrons. The summed E-state index contributed by atoms with van der Waals surface area (Å²) >= 11 is 0. The first-order chi connectivity index (χ1) is 9.67. The Morgan fingerprint density at radius 3 is 2.80 bits per heavy atom. The summed E-state index contributed by atoms with van der Waals surface area (Å²) in [4.78, 5) is 0. The molecule has 20 heavy (non-hydrogen) atoms. The molecule has 0 bridgehead atoms. The predicted molar refractivity (Wildman–Crippen MR) is 81.6 cm³/mol. The molecule has 1 N–H and O–H groups in total. The number of nitrogens with one attached hydrogen (secondary N) is 1. The average molecular weight is 273 g/mol. The second kappa shape index (κ2) is 6.57. The van der Waals surface area contributed by atoms with E-state index in [9.17, 15) is 0 Å². The topological polar surface area (TPSA) is 39.1 Å². The molecular weight excluding hydrogens is 250 g/mol. The van der Waals surface area contributed by atoms with E-state index in [1.54, 1.807) is 7.11 Å². The van der Waals surface area contributed by atoms with Crippen LogP contribution in [0.15, 0.2) is 30.5 Å². The molecule has 2 rings (SSSR count). The van der Waals surface area contributed by atoms with Gasteiger partial charge in [-0.15, -0.1) is 0 Å². The van der Waals surface area contributed by atoms with Crippen molar-refractivity contribution in [3.8, 4) is 11.4 Å². The minimum atomic E-state index is 0.414. The van der Waals surface area contributed by atoms with Crippen LogP contribution in [0.3, 0.4) is 0 Å². The van der Waals surface area contributed by atoms with Crippen molar-refractivity contribution in [2.24, 2.45) is 0 Å². The van der Waals surface area contributed by atoms with Gasteiger partial charge >= 0.3 is 0 Å². The standard InChI is InChI=1S/C16H23N3O/c1-5-17-10-13-11-18-19(16(13)12(2)3)14-7-6-8-15(9-14)20-4/h6-9,11-12,17H,5,10H2,1-4H3. The summed E-state index contributed by atoms with van der Waals surface area (Å²) in [7, 11) is 1.68. The van der Waals surface area contributed by atoms with E-state index in [2.05, 4.69) is 37.3 Å². The smallest absolute Gasteiger partial charge is 0.121 e. The van der Waals surface area contributed by atoms with Crippen LogP contribution in [0.25, 0.3) is 5.69 Å². The lowest BCUT2D eigenvalue weighted by Gasteiger charge is -2.13. The SMILES string of the molecule is CCNCc1cnn(-c2cccc(OC)c2)c1C(C)C. The molecule has 2 aromatic rings. The number of ether oxygens (including phenoxy) is 1. The molecule has 1 heterocycles. The Kier molecular flexibility index (Phi) is 4.79. The molecule has 0 aliphatic rings. The highest BCUT2D eigenvalue weighted by atomic mass is 16.5. The molecule has 1 aromatic heterocycles. The first-order valence-corrected chi connectivity index (χ1v) is 7.09. The molecular formula is C16H23N3O. The Morgan fingerprint density at radius 1 is 1.35 bits per heavy atom. The van der Waals surface area contributed by atoms with Crippen LogP contribution in [0, 0.1) is 0 Å². The third-order valence-corrected chi connectivity index (χ3v) is 3.30. The van der Waals surface area contributed by atoms with E-state index in [4.69, 9.17) is 4.74 Å². The van der Waals surface area contributed by atoms with Crippen molar-refractivity contribution in [2.45, 2.75) is 33.2 Å². The van der Waals surface area contributed by atoms with Gasteiger partial charge in [-0.2, -0.15) is 5.10 Å². The van der Waals surface area contributed by atoms with Crippen molar-refractivity contribution in [2.75, 3.05) is 13.7 Å². The molecule has 0 unspecified atom stereocenters. The third-order valence-electron chi connectivity index (χ3n) is 3.30. The predicted octanol–water partition coefficient (Wildman–Crippen LogP) is 3.11. The van der Waals surface area contributed by atoms with Gasteiger partial charge in [0.1, 0.15) is 5.75 Å². The molecule has 0 amide bonds. The number of rotatable bonds is 6. The maximum absolute atomic E-state index is 5.29. The van der Waals surface area contributed by atoms with Gasteiger partial charge in [0, 0.05) is 18.2 Å². The zero-order chi connectivity index (χ0) is 14.5. The molecule has 0 spiro atoms. The van der Waals surface area contributed by atoms with Gasteiger partial charge in [0.25, 0.3) is 0 Å². The summed E-state index contributed by atoms with van der Waals surface area (Å²) in [5, 5.41) is 7.93. The monoisotopic (exact) mass is 273 g/mol. The van der Waals surface area contributed by atoms with Crippen LogP contribution in [0.5, 0.6) is 5.75 Å². The fourth-order valence-corrected chi connectivity index (χ4v) is 2.35. The van der Waals surface area contributed by atoms with E-state index in [1.165, 1.54) is 11.3 Å². The minimum absolute atomic E-state index is 0.414. The van der Waals surface area contributed by atoms with Gasteiger partial charge in [0.15, 0.2) is 0 Å². The number of aromatic nitrogens is 2. The number of methoxy groups -OCH3 is 1. The molecule has 0 atom stereocenters. The van der Waals surface area contributed by atoms with Crippen LogP contribution in [0.4, 0.5) is 0 Å². The van der Waals surface area contributed by atoms with E-state index < -0.39 is 0 Å². The van der Waals surface area contributed by atoms with Gasteiger partial charge in [0.05, 0.1) is 24.7 Å². The highest BCUT2D eigenvalue weighted by molar-refractivity contribution is 5.41. The van der Waals surface area contributed by atoms with E-state index >= 15 is 0 Å². The van der Waals surface area contributed by atoms with E-state index in [0.29, 0.717) is 5.92 Å². The second-order valence-electron chi connectivity index (χ2n) is 5.10. The second-order valence-corrected chi connectivity index (χ2v) is 5.10. The largest absolute Gasteiger partial charge is 0.497 e. The molecule has 0 saturated carbocycles. The Hall–Kier alpha value is -1.81. The maximum atomic E-state index is 5.29. The first-order valence-electron chi connectivity index (χ1n) is 7.09. The number of benzene rings is 1. The van der Waals surface area contributed by atoms with E-state index in [-0.39, 0.29) is 0 Å². The van der Waals surface area contributed by atoms with Crippen molar-refractivity contribution in [1.29, 1.82) is 0 Å². The highest BCUT2D eigenvalue weighted by Crippen LogP contribution is 2.24. The van der Waals surface area contributed by atoms with Gasteiger partial charge in [-0.25, -0.2) is 4.68 Å². The molecule has 108 valence electrons. The lowest BCUT2D eigenvalue weighted by molar-refractivity contribution is 0.414. The van der Waals surface area contributed by atoms with Crippen LogP contribution < -0.4 is 10.1 Å². The molecule has 0 aliphatic heterocycles. The molecule has 0 fully saturated rings. The molecule has 0 saturated heterocycles. The zero-order valence-electron chi connectivity index (χ0n) is 12.7. The van der Waals surface area contributed by atoms with Gasteiger partial charge in [0.2, 0.25) is 0 Å². The van der Waals surface area contributed by atoms with Gasteiger partial charge in [-0.1, -0.05) is 26.8 Å². The minimum Gasteiger partial charge on any atom is -0.497 e. The fraction of sp³-hybridized carbons (Fsp3) is 0.438. The fourth-order valence-electron chi connectivity index (χ4n) is 2.35. The summed E-state index contributed by atoms with van der Waals surface area (Å²) in [6, 6.07) is 8.00. The molecule has 1 aromatic carbocycles. The zero-order valence-corrected chi connectivity index (χ0v) is 12.7. The van der Waals surface area contributed by atoms with Crippen LogP contribution >= 0.6 is 0 Å². The van der Waals surface area contributed by atoms with Crippen LogP contribution in [0.2, 0.25) is 0 Å². The number of nitrogens with zero attached hydrogens (tertiary/aromatic N) is 2. The van der Waals surface area contributed by atoms with Crippen molar-refractivity contribution >= 4 is 0 Å². The Morgan fingerprint density at radius 2 is 2.15 bits per heavy atom. The highest BCUT2D eigenvalue weighted by Gasteiger charge is 2.15. The maximum Gasteiger partial charge on any atom is 0.121 e. The van der Waals surface area contributed by atoms with Gasteiger partial charge in [-0.3, -0.25) is 0 Å². The van der Waals surface area contributed by atoms with Crippen LogP contribution in [-0.2, 0) is 6.54 Å². The summed E-state index contributed by atoms with van der Waals surface area (Å²) in [5.41, 5.74) is 3.54. The summed E-state index contributed by atoms with van der Waals surface area (Å²) < 4.78 is 7.31. The van der Waals surface area contributed by atoms with Gasteiger partial charge < -0.3 is 10.1 Å². The first kappa shape index (κ1) is 14.6. The normalized spacial score (nSPS) is 11.1. The summed E-state index contributed by atoms with van der Waals surface area (Å²) in [5.74, 6) is 1.26. The number of hydrogen-bond acceptors (Lipinski definition) is 3. The van der Waals surface area contributed by atoms with Crippen LogP contribution in [-0.4, -0.2) is 23.4 Å². The Balaban J connectivity index is 2.42. The third kappa shape index (κ3) is 3.02. The summed E-state index contributed by atoms with van der Waals surface area (Å²) in [6.45, 7) is 8.32. The Bertz CT molecular complexity index is 561. The molecule has 4 nitrogen and oxygen atoms in total. The van der Waals surface area contributed by atoms with Crippen molar-refractivity contribution in [3.63, 3.8) is 0 Å². The Labute approximate surface area is 120 Å². The quantitative estimate of drug-likeness (QED) is 0.879. The van der Waals surface area contributed by atoms with E-state index in [0.717, 1.165) is 24.5 Å². The van der Waals surface area contributed by atoms with Crippen LogP contribution in [0.1, 0.15) is 37.9 Å². The van der Waals surface area contributed by atoms with Crippen molar-refractivity contribution in [1.82, 2.24) is 15.1 Å². The molecule has 4 heteroatoms. The van der Waals surface area contributed by atoms with Gasteiger partial charge in [-0.05, 0) is 24.6 Å². The van der Waals surface area contributed by atoms with Crippen molar-refractivity contribution < 1.29 is 4.74 Å². The summed E-state index contributed by atoms with van der Waals surface area (Å²) in [6.07, 6.45) is 1.96. The average Bonchev–Trinajstić information content (AvgIpc) is 2.89. The lowest BCUT2D eigenvalue weighted by Crippen LogP contribution is -2.14. The van der Waals surface area contributed by atoms with Crippen molar-refractivity contribution in [3.05, 3.63) is 41.7 Å². The molecule has 0 aliphatic carbocycles. The van der Waals surface area contributed by atoms with E-state index in [1.807, 2.05) is 29.1 Å². The number of hydrogen-bond donors (Lipinski definition) is 1.